The number of hydrogen-bond acceptors (Lipinski definition) is 13. The summed E-state index contributed by atoms with van der Waals surface area (Å²) in [5.74, 6) is 8.34. The van der Waals surface area contributed by atoms with Gasteiger partial charge in [-0.15, -0.1) is 5.10 Å². The number of nitrogens with zero attached hydrogens (tertiary/aromatic N) is 9. The number of likely N-dealkylation sites (N-methyl/N-ethyl adjacent to an activating group) is 1. The van der Waals surface area contributed by atoms with Crippen molar-refractivity contribution in [3.05, 3.63) is 65.5 Å². The first kappa shape index (κ1) is 49.7. The summed E-state index contributed by atoms with van der Waals surface area (Å²) in [4.78, 5) is 52.8. The quantitative estimate of drug-likeness (QED) is 0.0410. The fourth-order valence-electron chi connectivity index (χ4n) is 9.19. The molecule has 2 fully saturated rings. The van der Waals surface area contributed by atoms with Crippen LogP contribution in [0.15, 0.2) is 48.8 Å². The molecule has 2 aromatic heterocycles. The van der Waals surface area contributed by atoms with Gasteiger partial charge in [0.25, 0.3) is 0 Å². The smallest absolute Gasteiger partial charge is 0.229 e. The first-order valence-corrected chi connectivity index (χ1v) is 23.8. The van der Waals surface area contributed by atoms with Crippen LogP contribution in [0.2, 0.25) is 0 Å². The molecular formula is C51H70N10O5. The molecule has 2 heterocycles. The van der Waals surface area contributed by atoms with Crippen LogP contribution in [0.4, 0.5) is 23.1 Å². The summed E-state index contributed by atoms with van der Waals surface area (Å²) in [6.07, 6.45) is 18.0. The normalized spacial score (nSPS) is 17.2. The van der Waals surface area contributed by atoms with Crippen molar-refractivity contribution in [1.29, 1.82) is 0 Å². The third-order valence-electron chi connectivity index (χ3n) is 13.6. The van der Waals surface area contributed by atoms with Crippen molar-refractivity contribution in [2.75, 3.05) is 63.1 Å². The summed E-state index contributed by atoms with van der Waals surface area (Å²) < 4.78 is 13.9. The lowest BCUT2D eigenvalue weighted by atomic mass is 9.90. The molecule has 2 saturated carbocycles. The zero-order valence-electron chi connectivity index (χ0n) is 40.1. The molecule has 2 aliphatic carbocycles. The highest BCUT2D eigenvalue weighted by Crippen LogP contribution is 2.38. The summed E-state index contributed by atoms with van der Waals surface area (Å²) in [5, 5.41) is 12.5. The van der Waals surface area contributed by atoms with E-state index in [2.05, 4.69) is 75.0 Å². The number of rotatable bonds is 24. The van der Waals surface area contributed by atoms with E-state index >= 15 is 0 Å². The molecule has 4 aromatic rings. The van der Waals surface area contributed by atoms with Gasteiger partial charge in [-0.1, -0.05) is 55.0 Å². The van der Waals surface area contributed by atoms with Crippen molar-refractivity contribution in [1.82, 2.24) is 34.8 Å². The van der Waals surface area contributed by atoms with Crippen LogP contribution >= 0.6 is 0 Å². The zero-order valence-corrected chi connectivity index (χ0v) is 40.1. The Labute approximate surface area is 391 Å². The van der Waals surface area contributed by atoms with Crippen LogP contribution in [-0.4, -0.2) is 126 Å². The molecule has 354 valence electrons. The lowest BCUT2D eigenvalue weighted by molar-refractivity contribution is -0.108. The van der Waals surface area contributed by atoms with Gasteiger partial charge in [0, 0.05) is 73.8 Å². The van der Waals surface area contributed by atoms with Gasteiger partial charge in [-0.05, 0) is 103 Å². The number of ether oxygens (including phenoxy) is 2. The number of aromatic nitrogens is 5. The Morgan fingerprint density at radius 1 is 0.970 bits per heavy atom. The first-order chi connectivity index (χ1) is 32.1. The minimum Gasteiger partial charge on any atom is -0.495 e. The molecule has 1 unspecified atom stereocenters. The van der Waals surface area contributed by atoms with Crippen LogP contribution < -0.4 is 19.9 Å². The summed E-state index contributed by atoms with van der Waals surface area (Å²) in [7, 11) is 7.58. The number of benzene rings is 2. The topological polar surface area (TPSA) is 151 Å². The molecule has 0 bridgehead atoms. The molecule has 0 spiro atoms. The predicted molar refractivity (Wildman–Crippen MR) is 261 cm³/mol. The maximum atomic E-state index is 11.9. The van der Waals surface area contributed by atoms with Gasteiger partial charge in [0.1, 0.15) is 29.7 Å². The van der Waals surface area contributed by atoms with Gasteiger partial charge in [-0.3, -0.25) is 14.5 Å². The van der Waals surface area contributed by atoms with Crippen LogP contribution in [0.1, 0.15) is 125 Å². The maximum Gasteiger partial charge on any atom is 0.229 e. The number of carbonyl (C=O) groups is 3. The van der Waals surface area contributed by atoms with Gasteiger partial charge in [-0.2, -0.15) is 4.98 Å². The minimum atomic E-state index is 0.208. The SMILES string of the molecule is CC[C@H](C)N(c1nc(Nc2ccc(-c3cn(C4CCC(N(C)CCOCCC#Cc5cccc(C=O)c5CN(C)C(C)CCC=O)CC4)nn3)cc2OC)ncc1N(C)C=O)C1CCCC1. The number of aldehydes is 2. The van der Waals surface area contributed by atoms with E-state index < -0.39 is 0 Å². The largest absolute Gasteiger partial charge is 0.495 e. The van der Waals surface area contributed by atoms with E-state index in [1.54, 1.807) is 25.3 Å². The van der Waals surface area contributed by atoms with Gasteiger partial charge in [0.05, 0.1) is 44.4 Å². The van der Waals surface area contributed by atoms with E-state index in [0.29, 0.717) is 67.6 Å². The number of hydrogen-bond donors (Lipinski definition) is 1. The summed E-state index contributed by atoms with van der Waals surface area (Å²) in [6, 6.07) is 13.1. The fraction of sp³-hybridized carbons (Fsp3) is 0.549. The number of anilines is 4. The van der Waals surface area contributed by atoms with E-state index in [0.717, 1.165) is 111 Å². The third kappa shape index (κ3) is 12.8. The third-order valence-corrected chi connectivity index (χ3v) is 13.6. The fourth-order valence-corrected chi connectivity index (χ4v) is 9.19. The Balaban J connectivity index is 0.984. The monoisotopic (exact) mass is 903 g/mol. The second kappa shape index (κ2) is 24.7. The highest BCUT2D eigenvalue weighted by atomic mass is 16.5. The van der Waals surface area contributed by atoms with Crippen molar-refractivity contribution < 1.29 is 23.9 Å². The molecule has 15 nitrogen and oxygen atoms in total. The average Bonchev–Trinajstić information content (AvgIpc) is 4.07. The lowest BCUT2D eigenvalue weighted by Crippen LogP contribution is -2.42. The molecule has 6 rings (SSSR count). The molecule has 0 radical (unpaired) electrons. The van der Waals surface area contributed by atoms with E-state index in [4.69, 9.17) is 14.5 Å². The second-order valence-electron chi connectivity index (χ2n) is 18.0. The van der Waals surface area contributed by atoms with Crippen LogP contribution in [0.25, 0.3) is 11.3 Å². The molecule has 0 saturated heterocycles. The molecule has 2 aliphatic rings. The van der Waals surface area contributed by atoms with Crippen molar-refractivity contribution in [2.24, 2.45) is 0 Å². The second-order valence-corrected chi connectivity index (χ2v) is 18.0. The summed E-state index contributed by atoms with van der Waals surface area (Å²) in [5.41, 5.74) is 5.50. The van der Waals surface area contributed by atoms with E-state index in [1.165, 1.54) is 12.8 Å². The van der Waals surface area contributed by atoms with Crippen LogP contribution in [-0.2, 0) is 20.9 Å². The van der Waals surface area contributed by atoms with Crippen molar-refractivity contribution >= 4 is 42.1 Å². The first-order valence-electron chi connectivity index (χ1n) is 23.8. The van der Waals surface area contributed by atoms with E-state index in [-0.39, 0.29) is 18.1 Å². The van der Waals surface area contributed by atoms with Gasteiger partial charge >= 0.3 is 0 Å². The molecule has 2 aromatic carbocycles. The average molecular weight is 903 g/mol. The highest BCUT2D eigenvalue weighted by Gasteiger charge is 2.31. The van der Waals surface area contributed by atoms with Crippen molar-refractivity contribution in [3.8, 4) is 28.8 Å². The molecule has 0 aliphatic heterocycles. The Kier molecular flexibility index (Phi) is 18.6. The zero-order chi connectivity index (χ0) is 47.0. The number of methoxy groups -OCH3 is 1. The molecule has 2 atom stereocenters. The Morgan fingerprint density at radius 3 is 2.47 bits per heavy atom. The molecule has 15 heteroatoms. The van der Waals surface area contributed by atoms with Gasteiger partial charge in [0.2, 0.25) is 12.4 Å². The minimum absolute atomic E-state index is 0.208. The highest BCUT2D eigenvalue weighted by molar-refractivity contribution is 5.82. The summed E-state index contributed by atoms with van der Waals surface area (Å²) >= 11 is 0. The predicted octanol–water partition coefficient (Wildman–Crippen LogP) is 8.11. The van der Waals surface area contributed by atoms with Gasteiger partial charge < -0.3 is 34.3 Å². The van der Waals surface area contributed by atoms with E-state index in [1.807, 2.05) is 54.3 Å². The van der Waals surface area contributed by atoms with Crippen LogP contribution in [0.5, 0.6) is 5.75 Å². The molecule has 66 heavy (non-hydrogen) atoms. The molecule has 1 N–H and O–H groups in total. The molecule has 1 amide bonds. The lowest BCUT2D eigenvalue weighted by Gasteiger charge is -2.37. The Bertz CT molecular complexity index is 2260. The Morgan fingerprint density at radius 2 is 1.76 bits per heavy atom. The number of carbonyl (C=O) groups excluding carboxylic acids is 3. The van der Waals surface area contributed by atoms with Crippen molar-refractivity contribution in [2.45, 2.75) is 135 Å². The number of amides is 1. The van der Waals surface area contributed by atoms with Gasteiger partial charge in [-0.25, -0.2) is 9.67 Å². The number of nitrogens with one attached hydrogen (secondary N) is 1. The molecular weight excluding hydrogens is 833 g/mol. The Hall–Kier alpha value is -5.69. The van der Waals surface area contributed by atoms with Crippen LogP contribution in [0.3, 0.4) is 0 Å². The van der Waals surface area contributed by atoms with Crippen LogP contribution in [0, 0.1) is 11.8 Å². The summed E-state index contributed by atoms with van der Waals surface area (Å²) in [6.45, 7) is 9.10. The van der Waals surface area contributed by atoms with Gasteiger partial charge in [0.15, 0.2) is 5.82 Å². The standard InChI is InChI=1S/C51H70N10O5/c1-8-37(2)61(44-19-9-10-20-44)50-48(59(6)36-64)32-52-51(54-50)53-46-26-21-40(31-49(46)65-7)47-34-60(56-55-47)43-24-22-42(23-25-43)57(4)27-30-66-29-12-11-16-39-17-13-18-41(35-63)45(39)33-58(5)38(3)15-14-28-62/h13,17-18,21,26,28,31-32,34-38,42-44H,8-10,12,14-15,19-20,22-25,27,29-30,33H2,1-7H3,(H,52,53,54)/t37-,38?,42?,43?/m0/s1. The maximum absolute atomic E-state index is 11.9. The van der Waals surface area contributed by atoms with Crippen molar-refractivity contribution in [3.63, 3.8) is 0 Å². The van der Waals surface area contributed by atoms with E-state index in [9.17, 15) is 14.4 Å².